The summed E-state index contributed by atoms with van der Waals surface area (Å²) in [5.41, 5.74) is 7.40. The zero-order valence-electron chi connectivity index (χ0n) is 25.3. The third kappa shape index (κ3) is 11.2. The van der Waals surface area contributed by atoms with Gasteiger partial charge >= 0.3 is 35.0 Å². The van der Waals surface area contributed by atoms with Crippen LogP contribution in [0.4, 0.5) is 0 Å². The third-order valence-corrected chi connectivity index (χ3v) is 21.1. The maximum atomic E-state index is 4.81. The minimum atomic E-state index is -0.106. The third-order valence-electron chi connectivity index (χ3n) is 12.0. The fourth-order valence-electron chi connectivity index (χ4n) is 10.3. The Labute approximate surface area is 263 Å². The molecule has 0 aromatic rings. The fraction of sp³-hybridized carbons (Fsp3) is 1.00. The Kier molecular flexibility index (Phi) is 17.6. The van der Waals surface area contributed by atoms with Crippen LogP contribution in [0.3, 0.4) is 0 Å². The summed E-state index contributed by atoms with van der Waals surface area (Å²) in [6.07, 6.45) is 44.5. The summed E-state index contributed by atoms with van der Waals surface area (Å²) in [6.45, 7) is 0. The molecule has 6 aliphatic carbocycles. The van der Waals surface area contributed by atoms with E-state index in [0.29, 0.717) is 0 Å². The van der Waals surface area contributed by atoms with Crippen molar-refractivity contribution in [3.8, 4) is 0 Å². The Morgan fingerprint density at radius 2 is 0.410 bits per heavy atom. The molecule has 0 heterocycles. The van der Waals surface area contributed by atoms with E-state index in [9.17, 15) is 0 Å². The van der Waals surface area contributed by atoms with E-state index in [0.717, 1.165) is 0 Å². The predicted molar refractivity (Wildman–Crippen MR) is 180 cm³/mol. The van der Waals surface area contributed by atoms with Crippen LogP contribution in [0.5, 0.6) is 0 Å². The second-order valence-electron chi connectivity index (χ2n) is 14.3. The second-order valence-corrected chi connectivity index (χ2v) is 23.6. The van der Waals surface area contributed by atoms with Crippen LogP contribution in [0, 0.1) is 0 Å². The van der Waals surface area contributed by atoms with Gasteiger partial charge in [0.15, 0.2) is 0 Å². The molecule has 0 saturated heterocycles. The van der Waals surface area contributed by atoms with Crippen molar-refractivity contribution >= 4 is 34.9 Å². The summed E-state index contributed by atoms with van der Waals surface area (Å²) in [7, 11) is 9.58. The van der Waals surface area contributed by atoms with E-state index in [-0.39, 0.29) is 31.8 Å². The van der Waals surface area contributed by atoms with Crippen LogP contribution in [0.1, 0.15) is 180 Å². The number of halogens is 2. The molecule has 0 aromatic heterocycles. The van der Waals surface area contributed by atoms with E-state index in [4.69, 9.17) is 19.1 Å². The van der Waals surface area contributed by atoms with E-state index < -0.39 is 0 Å². The van der Waals surface area contributed by atoms with Gasteiger partial charge in [0.2, 0.25) is 0 Å². The molecular weight excluding hydrogens is 648 g/mol. The van der Waals surface area contributed by atoms with Crippen LogP contribution in [0.25, 0.3) is 0 Å². The zero-order chi connectivity index (χ0) is 27.1. The van der Waals surface area contributed by atoms with E-state index in [1.807, 2.05) is 0 Å². The van der Waals surface area contributed by atoms with Crippen LogP contribution in [-0.4, -0.2) is 34.0 Å². The molecule has 6 fully saturated rings. The van der Waals surface area contributed by atoms with Crippen LogP contribution in [0.15, 0.2) is 0 Å². The van der Waals surface area contributed by atoms with Gasteiger partial charge in [-0.25, -0.2) is 0 Å². The van der Waals surface area contributed by atoms with Gasteiger partial charge in [-0.15, -0.1) is 0 Å². The summed E-state index contributed by atoms with van der Waals surface area (Å²) in [6, 6.07) is 0. The van der Waals surface area contributed by atoms with Crippen LogP contribution in [0.2, 0.25) is 0 Å². The first kappa shape index (κ1) is 34.0. The first-order valence-corrected chi connectivity index (χ1v) is 25.3. The predicted octanol–water partition coefficient (Wildman–Crippen LogP) is 13.0. The first-order valence-electron chi connectivity index (χ1n) is 17.9. The summed E-state index contributed by atoms with van der Waals surface area (Å²) >= 11 is -0.106. The number of rotatable bonds is 6. The summed E-state index contributed by atoms with van der Waals surface area (Å²) in [5, 5.41) is 0. The Bertz CT molecular complexity index is 512. The van der Waals surface area contributed by atoms with Crippen molar-refractivity contribution in [3.63, 3.8) is 0 Å². The van der Waals surface area contributed by atoms with Gasteiger partial charge in [0, 0.05) is 15.8 Å². The molecule has 5 heteroatoms. The molecule has 232 valence electrons. The molecule has 6 aliphatic rings. The Balaban J connectivity index is 0.000000165. The van der Waals surface area contributed by atoms with Gasteiger partial charge in [0.05, 0.1) is 34.0 Å². The molecule has 0 aliphatic heterocycles. The number of hydrogen-bond acceptors (Lipinski definition) is 0. The molecule has 0 aromatic carbocycles. The van der Waals surface area contributed by atoms with Crippen molar-refractivity contribution < 1.29 is 15.9 Å². The van der Waals surface area contributed by atoms with Crippen molar-refractivity contribution in [3.05, 3.63) is 0 Å². The molecule has 0 N–H and O–H groups in total. The zero-order valence-corrected chi connectivity index (χ0v) is 30.4. The van der Waals surface area contributed by atoms with Gasteiger partial charge in [-0.2, -0.15) is 0 Å². The minimum absolute atomic E-state index is 0.0235. The molecule has 0 amide bonds. The van der Waals surface area contributed by atoms with Gasteiger partial charge in [-0.3, -0.25) is 0 Å². The fourth-order valence-corrected chi connectivity index (χ4v) is 20.7. The molecule has 0 bridgehead atoms. The molecule has 0 radical (unpaired) electrons. The SMILES string of the molecule is C1CCC([PH+](C2CCCCC2)C2CCCC2)CC1.C1CCC([PH+](C2CCCCC2)C2CCCC2)CC1.[Cl][Pd][Cl]. The molecular formula is C34H64Cl2P2Pd+2. The normalized spacial score (nSPS) is 27.5. The van der Waals surface area contributed by atoms with Crippen LogP contribution < -0.4 is 0 Å². The quantitative estimate of drug-likeness (QED) is 0.190. The van der Waals surface area contributed by atoms with Crippen molar-refractivity contribution in [1.29, 1.82) is 0 Å². The van der Waals surface area contributed by atoms with Gasteiger partial charge in [0.25, 0.3) is 0 Å². The Hall–Kier alpha value is 2.10. The van der Waals surface area contributed by atoms with E-state index in [2.05, 4.69) is 0 Å². The van der Waals surface area contributed by atoms with E-state index in [1.165, 1.54) is 34.0 Å². The first-order chi connectivity index (χ1) is 19.3. The van der Waals surface area contributed by atoms with Gasteiger partial charge < -0.3 is 0 Å². The standard InChI is InChI=1S/2C17H31P.2ClH.Pd/c2*1-3-9-15(10-4-1)18(17-13-7-8-14-17)16-11-5-2-6-12-16;;;/h2*15-17H,1-14H2;2*1H;/q;;;;+2. The monoisotopic (exact) mass is 710 g/mol. The molecule has 0 unspecified atom stereocenters. The molecule has 39 heavy (non-hydrogen) atoms. The average molecular weight is 712 g/mol. The second kappa shape index (κ2) is 20.2. The van der Waals surface area contributed by atoms with E-state index >= 15 is 0 Å². The van der Waals surface area contributed by atoms with Gasteiger partial charge in [-0.1, -0.05) is 25.7 Å². The van der Waals surface area contributed by atoms with Crippen molar-refractivity contribution in [2.75, 3.05) is 0 Å². The molecule has 6 rings (SSSR count). The van der Waals surface area contributed by atoms with Crippen molar-refractivity contribution in [1.82, 2.24) is 0 Å². The van der Waals surface area contributed by atoms with Crippen LogP contribution >= 0.6 is 34.9 Å². The summed E-state index contributed by atoms with van der Waals surface area (Å²) < 4.78 is 0. The van der Waals surface area contributed by atoms with Crippen molar-refractivity contribution in [2.24, 2.45) is 0 Å². The Morgan fingerprint density at radius 1 is 0.282 bits per heavy atom. The van der Waals surface area contributed by atoms with Crippen molar-refractivity contribution in [2.45, 2.75) is 214 Å². The number of hydrogen-bond donors (Lipinski definition) is 0. The maximum absolute atomic E-state index is 4.81. The topological polar surface area (TPSA) is 0 Å². The van der Waals surface area contributed by atoms with E-state index in [1.54, 1.807) is 180 Å². The van der Waals surface area contributed by atoms with Crippen LogP contribution in [-0.2, 0) is 15.9 Å². The summed E-state index contributed by atoms with van der Waals surface area (Å²) in [5.74, 6) is 0. The summed E-state index contributed by atoms with van der Waals surface area (Å²) in [4.78, 5) is 0. The molecule has 0 spiro atoms. The molecule has 6 saturated carbocycles. The van der Waals surface area contributed by atoms with Gasteiger partial charge in [0.1, 0.15) is 0 Å². The molecule has 0 atom stereocenters. The molecule has 0 nitrogen and oxygen atoms in total. The average Bonchev–Trinajstić information content (AvgIpc) is 3.72. The van der Waals surface area contributed by atoms with Gasteiger partial charge in [-0.05, 0) is 154 Å². The Morgan fingerprint density at radius 3 is 0.564 bits per heavy atom.